The van der Waals surface area contributed by atoms with Crippen molar-refractivity contribution >= 4 is 17.0 Å². The first-order chi connectivity index (χ1) is 10.0. The molecule has 2 aromatic heterocycles. The quantitative estimate of drug-likeness (QED) is 0.604. The number of aliphatic hydroxyl groups excluding tert-OH is 2. The summed E-state index contributed by atoms with van der Waals surface area (Å²) >= 11 is 0. The van der Waals surface area contributed by atoms with E-state index in [0.717, 1.165) is 0 Å². The summed E-state index contributed by atoms with van der Waals surface area (Å²) in [5, 5.41) is 20.0. The number of aromatic nitrogens is 4. The Morgan fingerprint density at radius 2 is 2.19 bits per heavy atom. The summed E-state index contributed by atoms with van der Waals surface area (Å²) in [6, 6.07) is 0. The minimum absolute atomic E-state index is 0.0781. The maximum Gasteiger partial charge on any atom is 0.312 e. The predicted octanol–water partition coefficient (Wildman–Crippen LogP) is -1.19. The number of nitrogen functional groups attached to an aromatic ring is 1. The molecule has 0 bridgehead atoms. The van der Waals surface area contributed by atoms with Crippen LogP contribution in [0.25, 0.3) is 11.2 Å². The number of nitrogens with two attached hydrogens (primary N) is 1. The first-order valence-electron chi connectivity index (χ1n) is 6.19. The highest BCUT2D eigenvalue weighted by Crippen LogP contribution is 2.32. The summed E-state index contributed by atoms with van der Waals surface area (Å²) in [6.45, 7) is 0.104. The lowest BCUT2D eigenvalue weighted by Crippen LogP contribution is -2.33. The average Bonchev–Trinajstić information content (AvgIpc) is 2.96. The topological polar surface area (TPSA) is 129 Å². The highest BCUT2D eigenvalue weighted by Gasteiger charge is 2.44. The van der Waals surface area contributed by atoms with Crippen molar-refractivity contribution in [3.05, 3.63) is 12.4 Å². The molecule has 1 saturated heterocycles. The molecular formula is C11H14FN5O4. The van der Waals surface area contributed by atoms with Crippen LogP contribution in [0.15, 0.2) is 6.33 Å². The monoisotopic (exact) mass is 299 g/mol. The van der Waals surface area contributed by atoms with Crippen LogP contribution in [0.1, 0.15) is 6.23 Å². The molecule has 21 heavy (non-hydrogen) atoms. The minimum Gasteiger partial charge on any atom is -0.387 e. The van der Waals surface area contributed by atoms with Crippen molar-refractivity contribution in [2.75, 3.05) is 19.5 Å². The van der Waals surface area contributed by atoms with Gasteiger partial charge in [-0.15, -0.1) is 0 Å². The number of anilines is 1. The van der Waals surface area contributed by atoms with Crippen LogP contribution in [0.2, 0.25) is 0 Å². The van der Waals surface area contributed by atoms with E-state index in [1.165, 1.54) is 18.0 Å². The van der Waals surface area contributed by atoms with Gasteiger partial charge in [0, 0.05) is 7.11 Å². The van der Waals surface area contributed by atoms with Crippen LogP contribution in [0.4, 0.5) is 10.2 Å². The van der Waals surface area contributed by atoms with Gasteiger partial charge in [0.25, 0.3) is 0 Å². The largest absolute Gasteiger partial charge is 0.387 e. The maximum absolute atomic E-state index is 13.3. The third kappa shape index (κ3) is 2.21. The Morgan fingerprint density at radius 1 is 1.43 bits per heavy atom. The molecule has 0 aliphatic carbocycles. The number of hydrogen-bond acceptors (Lipinski definition) is 8. The van der Waals surface area contributed by atoms with Gasteiger partial charge in [0.05, 0.1) is 12.9 Å². The second kappa shape index (κ2) is 5.15. The molecule has 0 saturated carbocycles. The van der Waals surface area contributed by atoms with E-state index in [0.29, 0.717) is 0 Å². The van der Waals surface area contributed by atoms with E-state index in [-0.39, 0.29) is 23.6 Å². The Morgan fingerprint density at radius 3 is 2.90 bits per heavy atom. The third-order valence-electron chi connectivity index (χ3n) is 3.36. The van der Waals surface area contributed by atoms with Gasteiger partial charge in [-0.2, -0.15) is 14.4 Å². The lowest BCUT2D eigenvalue weighted by atomic mass is 10.1. The highest BCUT2D eigenvalue weighted by atomic mass is 19.1. The molecule has 1 aliphatic rings. The van der Waals surface area contributed by atoms with Crippen molar-refractivity contribution in [3.63, 3.8) is 0 Å². The van der Waals surface area contributed by atoms with E-state index in [9.17, 15) is 14.6 Å². The second-order valence-electron chi connectivity index (χ2n) is 4.70. The third-order valence-corrected chi connectivity index (χ3v) is 3.36. The Labute approximate surface area is 118 Å². The Balaban J connectivity index is 2.01. The van der Waals surface area contributed by atoms with E-state index >= 15 is 0 Å². The number of hydrogen-bond donors (Lipinski definition) is 3. The zero-order chi connectivity index (χ0) is 15.1. The van der Waals surface area contributed by atoms with Gasteiger partial charge in [0.2, 0.25) is 0 Å². The lowest BCUT2D eigenvalue weighted by molar-refractivity contribution is -0.0580. The van der Waals surface area contributed by atoms with Crippen molar-refractivity contribution in [1.29, 1.82) is 0 Å². The smallest absolute Gasteiger partial charge is 0.312 e. The molecule has 0 amide bonds. The van der Waals surface area contributed by atoms with Gasteiger partial charge >= 0.3 is 6.08 Å². The molecule has 10 heteroatoms. The highest BCUT2D eigenvalue weighted by molar-refractivity contribution is 5.81. The Kier molecular flexibility index (Phi) is 3.45. The molecule has 114 valence electrons. The van der Waals surface area contributed by atoms with Crippen molar-refractivity contribution in [3.8, 4) is 0 Å². The summed E-state index contributed by atoms with van der Waals surface area (Å²) in [6.07, 6.45) is -3.78. The number of fused-ring (bicyclic) bond motifs is 1. The van der Waals surface area contributed by atoms with E-state index in [1.807, 2.05) is 0 Å². The van der Waals surface area contributed by atoms with E-state index in [4.69, 9.17) is 15.2 Å². The predicted molar refractivity (Wildman–Crippen MR) is 67.5 cm³/mol. The van der Waals surface area contributed by atoms with Crippen LogP contribution in [-0.4, -0.2) is 61.8 Å². The molecule has 1 fully saturated rings. The maximum atomic E-state index is 13.3. The van der Waals surface area contributed by atoms with Crippen molar-refractivity contribution < 1.29 is 24.1 Å². The summed E-state index contributed by atoms with van der Waals surface area (Å²) in [7, 11) is 1.45. The molecule has 0 radical (unpaired) electrons. The van der Waals surface area contributed by atoms with Crippen molar-refractivity contribution in [2.45, 2.75) is 24.5 Å². The van der Waals surface area contributed by atoms with Gasteiger partial charge in [-0.3, -0.25) is 4.57 Å². The van der Waals surface area contributed by atoms with Crippen molar-refractivity contribution in [2.24, 2.45) is 0 Å². The molecule has 9 nitrogen and oxygen atoms in total. The molecule has 0 unspecified atom stereocenters. The number of nitrogens with zero attached hydrogens (tertiary/aromatic N) is 4. The fraction of sp³-hybridized carbons (Fsp3) is 0.545. The Hall–Kier alpha value is -1.88. The van der Waals surface area contributed by atoms with E-state index in [1.54, 1.807) is 0 Å². The standard InChI is InChI=1S/C11H14FN5O4/c1-20-2-4-6(18)7(19)10(21-4)17-3-14-5-8(13)15-11(12)16-9(5)17/h3-4,6-7,10,18-19H,2H2,1H3,(H2,13,15,16)/t4-,6-,7-,10-/m1/s1. The van der Waals surface area contributed by atoms with Gasteiger partial charge < -0.3 is 25.4 Å². The molecule has 3 rings (SSSR count). The normalized spacial score (nSPS) is 29.3. The first kappa shape index (κ1) is 14.1. The molecule has 4 atom stereocenters. The van der Waals surface area contributed by atoms with Crippen LogP contribution in [0.3, 0.4) is 0 Å². The number of halogens is 1. The van der Waals surface area contributed by atoms with Gasteiger partial charge in [0.15, 0.2) is 23.2 Å². The second-order valence-corrected chi connectivity index (χ2v) is 4.70. The zero-order valence-electron chi connectivity index (χ0n) is 11.0. The molecule has 1 aliphatic heterocycles. The van der Waals surface area contributed by atoms with E-state index in [2.05, 4.69) is 15.0 Å². The van der Waals surface area contributed by atoms with Crippen LogP contribution in [0, 0.1) is 6.08 Å². The lowest BCUT2D eigenvalue weighted by Gasteiger charge is -2.16. The molecule has 2 aromatic rings. The van der Waals surface area contributed by atoms with Gasteiger partial charge in [-0.1, -0.05) is 0 Å². The van der Waals surface area contributed by atoms with Gasteiger partial charge in [-0.05, 0) is 0 Å². The molecule has 4 N–H and O–H groups in total. The molecule has 0 aromatic carbocycles. The fourth-order valence-corrected chi connectivity index (χ4v) is 2.36. The van der Waals surface area contributed by atoms with Crippen LogP contribution in [-0.2, 0) is 9.47 Å². The molecule has 0 spiro atoms. The number of methoxy groups -OCH3 is 1. The van der Waals surface area contributed by atoms with E-state index < -0.39 is 30.6 Å². The van der Waals surface area contributed by atoms with Crippen molar-refractivity contribution in [1.82, 2.24) is 19.5 Å². The van der Waals surface area contributed by atoms with Crippen LogP contribution < -0.4 is 5.73 Å². The SMILES string of the molecule is COC[C@H]1O[C@@H](n2cnc3c(N)nc(F)nc32)[C@H](O)[C@@H]1O. The summed E-state index contributed by atoms with van der Waals surface area (Å²) in [5.74, 6) is -0.113. The summed E-state index contributed by atoms with van der Waals surface area (Å²) < 4.78 is 25.0. The zero-order valence-corrected chi connectivity index (χ0v) is 11.0. The van der Waals surface area contributed by atoms with Crippen LogP contribution in [0.5, 0.6) is 0 Å². The number of imidazole rings is 1. The summed E-state index contributed by atoms with van der Waals surface area (Å²) in [5.41, 5.74) is 5.84. The Bertz CT molecular complexity index is 665. The molecule has 3 heterocycles. The van der Waals surface area contributed by atoms with Gasteiger partial charge in [0.1, 0.15) is 18.3 Å². The average molecular weight is 299 g/mol. The number of ether oxygens (including phenoxy) is 2. The number of rotatable bonds is 3. The summed E-state index contributed by atoms with van der Waals surface area (Å²) in [4.78, 5) is 11.0. The first-order valence-corrected chi connectivity index (χ1v) is 6.19. The van der Waals surface area contributed by atoms with Crippen LogP contribution >= 0.6 is 0 Å². The fourth-order valence-electron chi connectivity index (χ4n) is 2.36. The molecular weight excluding hydrogens is 285 g/mol. The van der Waals surface area contributed by atoms with Gasteiger partial charge in [-0.25, -0.2) is 4.98 Å². The number of aliphatic hydroxyl groups is 2. The minimum atomic E-state index is -1.23.